The van der Waals surface area contributed by atoms with E-state index in [0.717, 1.165) is 30.1 Å². The summed E-state index contributed by atoms with van der Waals surface area (Å²) in [5.74, 6) is 0. The molecule has 0 aliphatic rings. The van der Waals surface area contributed by atoms with Crippen molar-refractivity contribution < 1.29 is 0 Å². The molecule has 0 spiro atoms. The molecule has 4 N–H and O–H groups in total. The summed E-state index contributed by atoms with van der Waals surface area (Å²) in [5, 5.41) is 0. The van der Waals surface area contributed by atoms with Crippen LogP contribution in [0.1, 0.15) is 0 Å². The number of hydrogen-bond acceptors (Lipinski definition) is 4. The lowest BCUT2D eigenvalue weighted by Gasteiger charge is -2.07. The summed E-state index contributed by atoms with van der Waals surface area (Å²) in [6.07, 6.45) is 0. The van der Waals surface area contributed by atoms with Crippen LogP contribution in [-0.4, -0.2) is 0 Å². The third-order valence-corrected chi connectivity index (χ3v) is 5.64. The van der Waals surface area contributed by atoms with Crippen molar-refractivity contribution in [3.63, 3.8) is 0 Å². The Kier molecular flexibility index (Phi) is 4.89. The lowest BCUT2D eigenvalue weighted by Crippen LogP contribution is -1.88. The molecule has 2 nitrogen and oxygen atoms in total. The Balaban J connectivity index is 2.16. The molecule has 94 valence electrons. The first kappa shape index (κ1) is 14.1. The van der Waals surface area contributed by atoms with Crippen LogP contribution in [0, 0.1) is 0 Å². The van der Waals surface area contributed by atoms with Crippen LogP contribution in [0.2, 0.25) is 0 Å². The number of anilines is 2. The monoisotopic (exact) mass is 404 g/mol. The van der Waals surface area contributed by atoms with Crippen LogP contribution in [0.4, 0.5) is 11.4 Å². The van der Waals surface area contributed by atoms with Crippen molar-refractivity contribution in [1.82, 2.24) is 0 Å². The van der Waals surface area contributed by atoms with E-state index < -0.39 is 0 Å². The molecule has 0 bridgehead atoms. The molecule has 18 heavy (non-hydrogen) atoms. The summed E-state index contributed by atoms with van der Waals surface area (Å²) in [4.78, 5) is 2.04. The Morgan fingerprint density at radius 3 is 1.50 bits per heavy atom. The van der Waals surface area contributed by atoms with Gasteiger partial charge < -0.3 is 11.5 Å². The van der Waals surface area contributed by atoms with Crippen LogP contribution in [0.15, 0.2) is 55.1 Å². The molecule has 6 heteroatoms. The van der Waals surface area contributed by atoms with Crippen LogP contribution < -0.4 is 11.5 Å². The normalized spacial score (nSPS) is 10.6. The van der Waals surface area contributed by atoms with E-state index in [4.69, 9.17) is 11.5 Å². The van der Waals surface area contributed by atoms with Crippen molar-refractivity contribution in [1.29, 1.82) is 0 Å². The number of nitrogens with two attached hydrogens (primary N) is 2. The first-order valence-corrected chi connectivity index (χ1v) is 8.74. The van der Waals surface area contributed by atoms with Crippen LogP contribution in [0.3, 0.4) is 0 Å². The second-order valence-corrected chi connectivity index (χ2v) is 7.58. The number of hydrogen-bond donors (Lipinski definition) is 2. The largest absolute Gasteiger partial charge is 0.398 e. The highest BCUT2D eigenvalue weighted by atomic mass is 79.9. The Labute approximate surface area is 131 Å². The average Bonchev–Trinajstić information content (AvgIpc) is 2.34. The summed E-state index contributed by atoms with van der Waals surface area (Å²) >= 11 is 6.88. The van der Waals surface area contributed by atoms with Gasteiger partial charge in [-0.3, -0.25) is 0 Å². The fourth-order valence-corrected chi connectivity index (χ4v) is 4.54. The molecule has 2 aromatic carbocycles. The Morgan fingerprint density at radius 1 is 0.722 bits per heavy atom. The summed E-state index contributed by atoms with van der Waals surface area (Å²) in [5.41, 5.74) is 13.4. The lowest BCUT2D eigenvalue weighted by molar-refractivity contribution is 1.44. The molecular weight excluding hydrogens is 396 g/mol. The van der Waals surface area contributed by atoms with E-state index in [1.807, 2.05) is 36.4 Å². The van der Waals surface area contributed by atoms with E-state index in [-0.39, 0.29) is 0 Å². The third kappa shape index (κ3) is 3.60. The molecule has 0 unspecified atom stereocenters. The average molecular weight is 406 g/mol. The van der Waals surface area contributed by atoms with E-state index in [1.165, 1.54) is 0 Å². The van der Waals surface area contributed by atoms with Gasteiger partial charge in [-0.1, -0.05) is 53.4 Å². The van der Waals surface area contributed by atoms with Gasteiger partial charge in [-0.05, 0) is 36.4 Å². The summed E-state index contributed by atoms with van der Waals surface area (Å²) < 4.78 is 2.03. The maximum atomic E-state index is 5.93. The molecule has 0 fully saturated rings. The van der Waals surface area contributed by atoms with Gasteiger partial charge in [0.25, 0.3) is 0 Å². The molecule has 0 radical (unpaired) electrons. The van der Waals surface area contributed by atoms with Crippen molar-refractivity contribution in [3.05, 3.63) is 45.3 Å². The molecule has 0 heterocycles. The van der Waals surface area contributed by atoms with Gasteiger partial charge in [-0.2, -0.15) is 0 Å². The predicted octanol–water partition coefficient (Wildman–Crippen LogP) is 5.18. The number of nitrogen functional groups attached to an aromatic ring is 2. The molecule has 0 aromatic heterocycles. The summed E-state index contributed by atoms with van der Waals surface area (Å²) in [6, 6.07) is 11.6. The second-order valence-electron chi connectivity index (χ2n) is 3.53. The van der Waals surface area contributed by atoms with Gasteiger partial charge in [0, 0.05) is 30.1 Å². The molecule has 2 rings (SSSR count). The maximum absolute atomic E-state index is 5.93. The minimum atomic E-state index is 0.768. The molecule has 0 saturated heterocycles. The van der Waals surface area contributed by atoms with Gasteiger partial charge >= 0.3 is 0 Å². The van der Waals surface area contributed by atoms with Gasteiger partial charge in [-0.25, -0.2) is 0 Å². The van der Waals surface area contributed by atoms with Crippen molar-refractivity contribution in [2.45, 2.75) is 9.79 Å². The maximum Gasteiger partial charge on any atom is 0.0461 e. The smallest absolute Gasteiger partial charge is 0.0461 e. The predicted molar refractivity (Wildman–Crippen MR) is 88.8 cm³/mol. The van der Waals surface area contributed by atoms with E-state index in [9.17, 15) is 0 Å². The van der Waals surface area contributed by atoms with Gasteiger partial charge in [0.15, 0.2) is 0 Å². The summed E-state index contributed by atoms with van der Waals surface area (Å²) in [7, 11) is 3.20. The fraction of sp³-hybridized carbons (Fsp3) is 0. The standard InChI is InChI=1S/C12H10Br2N2S2/c13-7-1-3-9(15)11(5-7)17-18-12-6-8(14)2-4-10(12)16/h1-6H,15-16H2. The van der Waals surface area contributed by atoms with Crippen LogP contribution in [-0.2, 0) is 0 Å². The van der Waals surface area contributed by atoms with Crippen molar-refractivity contribution >= 4 is 64.8 Å². The topological polar surface area (TPSA) is 52.0 Å². The van der Waals surface area contributed by atoms with Crippen LogP contribution in [0.5, 0.6) is 0 Å². The number of rotatable bonds is 3. The zero-order valence-electron chi connectivity index (χ0n) is 9.19. The summed E-state index contributed by atoms with van der Waals surface area (Å²) in [6.45, 7) is 0. The zero-order valence-corrected chi connectivity index (χ0v) is 14.0. The van der Waals surface area contributed by atoms with Gasteiger partial charge in [0.1, 0.15) is 0 Å². The third-order valence-electron chi connectivity index (χ3n) is 2.17. The number of benzene rings is 2. The molecule has 0 amide bonds. The minimum Gasteiger partial charge on any atom is -0.398 e. The van der Waals surface area contributed by atoms with Gasteiger partial charge in [-0.15, -0.1) is 0 Å². The van der Waals surface area contributed by atoms with E-state index in [1.54, 1.807) is 21.6 Å². The molecule has 0 atom stereocenters. The second kappa shape index (κ2) is 6.23. The SMILES string of the molecule is Nc1ccc(Br)cc1SSc1cc(Br)ccc1N. The molecule has 2 aromatic rings. The Bertz CT molecular complexity index is 524. The van der Waals surface area contributed by atoms with Crippen molar-refractivity contribution in [2.75, 3.05) is 11.5 Å². The van der Waals surface area contributed by atoms with Crippen molar-refractivity contribution in [3.8, 4) is 0 Å². The van der Waals surface area contributed by atoms with Gasteiger partial charge in [0.05, 0.1) is 0 Å². The highest BCUT2D eigenvalue weighted by Crippen LogP contribution is 2.43. The Hall–Kier alpha value is -0.300. The first-order valence-electron chi connectivity index (χ1n) is 5.01. The molecule has 0 aliphatic heterocycles. The molecular formula is C12H10Br2N2S2. The first-order chi connectivity index (χ1) is 8.56. The van der Waals surface area contributed by atoms with E-state index >= 15 is 0 Å². The highest BCUT2D eigenvalue weighted by Gasteiger charge is 2.06. The van der Waals surface area contributed by atoms with E-state index in [0.29, 0.717) is 0 Å². The lowest BCUT2D eigenvalue weighted by atomic mass is 10.3. The van der Waals surface area contributed by atoms with Gasteiger partial charge in [0.2, 0.25) is 0 Å². The van der Waals surface area contributed by atoms with Crippen molar-refractivity contribution in [2.24, 2.45) is 0 Å². The molecule has 0 aliphatic carbocycles. The molecule has 0 saturated carbocycles. The fourth-order valence-electron chi connectivity index (χ4n) is 1.25. The Morgan fingerprint density at radius 2 is 1.11 bits per heavy atom. The quantitative estimate of drug-likeness (QED) is 0.545. The minimum absolute atomic E-state index is 0.768. The van der Waals surface area contributed by atoms with Crippen LogP contribution >= 0.6 is 53.4 Å². The number of halogens is 2. The highest BCUT2D eigenvalue weighted by molar-refractivity contribution is 9.10. The zero-order chi connectivity index (χ0) is 13.1. The van der Waals surface area contributed by atoms with E-state index in [2.05, 4.69) is 31.9 Å². The van der Waals surface area contributed by atoms with Crippen LogP contribution in [0.25, 0.3) is 0 Å².